The van der Waals surface area contributed by atoms with Crippen LogP contribution in [-0.4, -0.2) is 18.6 Å². The number of carbonyl (C=O) groups excluding carboxylic acids is 1. The van der Waals surface area contributed by atoms with Crippen LogP contribution in [0.25, 0.3) is 0 Å². The highest BCUT2D eigenvalue weighted by Crippen LogP contribution is 2.03. The predicted octanol–water partition coefficient (Wildman–Crippen LogP) is 1.34. The van der Waals surface area contributed by atoms with Crippen molar-refractivity contribution in [2.75, 3.05) is 6.61 Å². The molecule has 0 rings (SSSR count). The van der Waals surface area contributed by atoms with Gasteiger partial charge in [0, 0.05) is 0 Å². The molecule has 0 spiro atoms. The van der Waals surface area contributed by atoms with Gasteiger partial charge in [-0.1, -0.05) is 13.8 Å². The summed E-state index contributed by atoms with van der Waals surface area (Å²) in [5.41, 5.74) is 5.53. The maximum atomic E-state index is 10.9. The highest BCUT2D eigenvalue weighted by Gasteiger charge is 2.15. The Bertz CT molecular complexity index is 128. The fourth-order valence-electron chi connectivity index (χ4n) is 0.853. The lowest BCUT2D eigenvalue weighted by Crippen LogP contribution is -2.33. The van der Waals surface area contributed by atoms with Crippen molar-refractivity contribution in [3.05, 3.63) is 0 Å². The van der Waals surface area contributed by atoms with Crippen molar-refractivity contribution < 1.29 is 9.53 Å². The number of rotatable bonds is 4. The lowest BCUT2D eigenvalue weighted by atomic mass is 10.1. The largest absolute Gasteiger partial charge is 0.465 e. The van der Waals surface area contributed by atoms with Crippen molar-refractivity contribution >= 4 is 18.4 Å². The summed E-state index contributed by atoms with van der Waals surface area (Å²) in [5.74, 6) is 0.149. The van der Waals surface area contributed by atoms with Gasteiger partial charge < -0.3 is 10.5 Å². The molecule has 0 heterocycles. The molecule has 74 valence electrons. The normalized spacial score (nSPS) is 12.1. The molecule has 2 N–H and O–H groups in total. The molecule has 0 fully saturated rings. The maximum absolute atomic E-state index is 10.9. The molecular weight excluding hydrogens is 178 g/mol. The average molecular weight is 196 g/mol. The molecule has 0 aromatic rings. The van der Waals surface area contributed by atoms with Crippen molar-refractivity contribution in [1.29, 1.82) is 0 Å². The zero-order chi connectivity index (χ0) is 8.85. The van der Waals surface area contributed by atoms with E-state index in [-0.39, 0.29) is 18.4 Å². The highest BCUT2D eigenvalue weighted by atomic mass is 35.5. The van der Waals surface area contributed by atoms with E-state index in [2.05, 4.69) is 0 Å². The van der Waals surface area contributed by atoms with E-state index in [4.69, 9.17) is 10.5 Å². The summed E-state index contributed by atoms with van der Waals surface area (Å²) in [6.07, 6.45) is 0.693. The molecule has 0 aliphatic heterocycles. The Hall–Kier alpha value is -0.280. The molecule has 3 nitrogen and oxygen atoms in total. The van der Waals surface area contributed by atoms with Crippen LogP contribution in [0.15, 0.2) is 0 Å². The van der Waals surface area contributed by atoms with Crippen LogP contribution in [-0.2, 0) is 9.53 Å². The van der Waals surface area contributed by atoms with Gasteiger partial charge in [-0.05, 0) is 19.3 Å². The van der Waals surface area contributed by atoms with E-state index in [0.717, 1.165) is 0 Å². The van der Waals surface area contributed by atoms with Crippen molar-refractivity contribution in [3.63, 3.8) is 0 Å². The van der Waals surface area contributed by atoms with E-state index in [1.54, 1.807) is 6.92 Å². The van der Waals surface area contributed by atoms with E-state index in [1.165, 1.54) is 0 Å². The Labute approximate surface area is 80.1 Å². The molecule has 0 unspecified atom stereocenters. The summed E-state index contributed by atoms with van der Waals surface area (Å²) in [4.78, 5) is 10.9. The maximum Gasteiger partial charge on any atom is 0.322 e. The number of nitrogens with two attached hydrogens (primary N) is 1. The van der Waals surface area contributed by atoms with Gasteiger partial charge in [-0.15, -0.1) is 12.4 Å². The minimum atomic E-state index is -0.449. The van der Waals surface area contributed by atoms with E-state index >= 15 is 0 Å². The molecule has 0 aliphatic rings. The van der Waals surface area contributed by atoms with Gasteiger partial charge in [0.15, 0.2) is 0 Å². The smallest absolute Gasteiger partial charge is 0.322 e. The van der Waals surface area contributed by atoms with Crippen LogP contribution in [0.2, 0.25) is 0 Å². The molecule has 0 radical (unpaired) electrons. The second kappa shape index (κ2) is 7.37. The summed E-state index contributed by atoms with van der Waals surface area (Å²) in [5, 5.41) is 0. The molecule has 4 heteroatoms. The molecule has 0 bridgehead atoms. The monoisotopic (exact) mass is 195 g/mol. The number of hydrogen-bond donors (Lipinski definition) is 1. The van der Waals surface area contributed by atoms with Crippen LogP contribution >= 0.6 is 12.4 Å². The molecule has 0 aromatic carbocycles. The van der Waals surface area contributed by atoms with Gasteiger partial charge in [-0.3, -0.25) is 4.79 Å². The van der Waals surface area contributed by atoms with Crippen molar-refractivity contribution in [2.45, 2.75) is 33.2 Å². The van der Waals surface area contributed by atoms with Gasteiger partial charge in [-0.2, -0.15) is 0 Å². The van der Waals surface area contributed by atoms with E-state index in [9.17, 15) is 4.79 Å². The molecule has 0 amide bonds. The quantitative estimate of drug-likeness (QED) is 0.689. The Morgan fingerprint density at radius 2 is 2.00 bits per heavy atom. The van der Waals surface area contributed by atoms with Crippen molar-refractivity contribution in [1.82, 2.24) is 0 Å². The van der Waals surface area contributed by atoms with E-state index in [0.29, 0.717) is 18.9 Å². The fourth-order valence-corrected chi connectivity index (χ4v) is 0.853. The first kappa shape index (κ1) is 14.3. The van der Waals surface area contributed by atoms with Crippen LogP contribution in [0.3, 0.4) is 0 Å². The highest BCUT2D eigenvalue weighted by molar-refractivity contribution is 5.85. The summed E-state index contributed by atoms with van der Waals surface area (Å²) in [6.45, 7) is 6.24. The summed E-state index contributed by atoms with van der Waals surface area (Å²) in [7, 11) is 0. The number of hydrogen-bond acceptors (Lipinski definition) is 3. The zero-order valence-corrected chi connectivity index (χ0v) is 8.69. The molecule has 0 aromatic heterocycles. The summed E-state index contributed by atoms with van der Waals surface area (Å²) < 4.78 is 4.74. The zero-order valence-electron chi connectivity index (χ0n) is 7.87. The van der Waals surface area contributed by atoms with Crippen LogP contribution < -0.4 is 5.73 Å². The second-order valence-corrected chi connectivity index (χ2v) is 2.99. The number of halogens is 1. The molecular formula is C8H18ClNO2. The minimum absolute atomic E-state index is 0. The fraction of sp³-hybridized carbons (Fsp3) is 0.875. The lowest BCUT2D eigenvalue weighted by Gasteiger charge is -2.11. The average Bonchev–Trinajstić information content (AvgIpc) is 1.86. The SMILES string of the molecule is CCOC(=O)[C@H](N)CC(C)C.Cl. The first-order chi connectivity index (χ1) is 5.07. The first-order valence-electron chi connectivity index (χ1n) is 4.00. The van der Waals surface area contributed by atoms with Crippen molar-refractivity contribution in [3.8, 4) is 0 Å². The van der Waals surface area contributed by atoms with Gasteiger partial charge in [0.2, 0.25) is 0 Å². The van der Waals surface area contributed by atoms with Gasteiger partial charge in [0.05, 0.1) is 6.61 Å². The van der Waals surface area contributed by atoms with E-state index in [1.807, 2.05) is 13.8 Å². The molecule has 0 saturated carbocycles. The predicted molar refractivity (Wildman–Crippen MR) is 51.3 cm³/mol. The molecule has 0 saturated heterocycles. The number of ether oxygens (including phenoxy) is 1. The third-order valence-electron chi connectivity index (χ3n) is 1.31. The standard InChI is InChI=1S/C8H17NO2.ClH/c1-4-11-8(10)7(9)5-6(2)3;/h6-7H,4-5,9H2,1-3H3;1H/t7-;/m1./s1. The third kappa shape index (κ3) is 6.43. The Morgan fingerprint density at radius 3 is 2.33 bits per heavy atom. The third-order valence-corrected chi connectivity index (χ3v) is 1.31. The molecule has 12 heavy (non-hydrogen) atoms. The number of esters is 1. The van der Waals surface area contributed by atoms with Crippen LogP contribution in [0.1, 0.15) is 27.2 Å². The van der Waals surface area contributed by atoms with Gasteiger partial charge in [0.1, 0.15) is 6.04 Å². The number of carbonyl (C=O) groups is 1. The van der Waals surface area contributed by atoms with Crippen LogP contribution in [0, 0.1) is 5.92 Å². The van der Waals surface area contributed by atoms with Crippen LogP contribution in [0.4, 0.5) is 0 Å². The van der Waals surface area contributed by atoms with Crippen molar-refractivity contribution in [2.24, 2.45) is 11.7 Å². The molecule has 1 atom stereocenters. The summed E-state index contributed by atoms with van der Waals surface area (Å²) in [6, 6.07) is -0.449. The van der Waals surface area contributed by atoms with Gasteiger partial charge in [-0.25, -0.2) is 0 Å². The Balaban J connectivity index is 0. The van der Waals surface area contributed by atoms with E-state index < -0.39 is 6.04 Å². The lowest BCUT2D eigenvalue weighted by molar-refractivity contribution is -0.145. The molecule has 0 aliphatic carbocycles. The van der Waals surface area contributed by atoms with Crippen LogP contribution in [0.5, 0.6) is 0 Å². The topological polar surface area (TPSA) is 52.3 Å². The minimum Gasteiger partial charge on any atom is -0.465 e. The van der Waals surface area contributed by atoms with Gasteiger partial charge in [0.25, 0.3) is 0 Å². The second-order valence-electron chi connectivity index (χ2n) is 2.99. The first-order valence-corrected chi connectivity index (χ1v) is 4.00. The summed E-state index contributed by atoms with van der Waals surface area (Å²) >= 11 is 0. The Morgan fingerprint density at radius 1 is 1.50 bits per heavy atom. The Kier molecular flexibility index (Phi) is 8.76. The van der Waals surface area contributed by atoms with Gasteiger partial charge >= 0.3 is 5.97 Å².